The topological polar surface area (TPSA) is 40.6 Å². The lowest BCUT2D eigenvalue weighted by atomic mass is 9.86. The Morgan fingerprint density at radius 2 is 1.39 bits per heavy atom. The minimum atomic E-state index is -1.37. The molecule has 4 nitrogen and oxygen atoms in total. The molecule has 0 aliphatic carbocycles. The summed E-state index contributed by atoms with van der Waals surface area (Å²) in [6, 6.07) is 28.8. The van der Waals surface area contributed by atoms with Gasteiger partial charge in [0.2, 0.25) is 11.8 Å². The van der Waals surface area contributed by atoms with Crippen molar-refractivity contribution in [1.82, 2.24) is 9.80 Å². The number of alkyl halides is 1. The Labute approximate surface area is 194 Å². The molecule has 33 heavy (non-hydrogen) atoms. The smallest absolute Gasteiger partial charge is 0.234 e. The zero-order valence-corrected chi connectivity index (χ0v) is 18.9. The second-order valence-electron chi connectivity index (χ2n) is 8.83. The highest BCUT2D eigenvalue weighted by Crippen LogP contribution is 2.39. The Morgan fingerprint density at radius 3 is 1.88 bits per heavy atom. The van der Waals surface area contributed by atoms with Gasteiger partial charge in [-0.05, 0) is 23.6 Å². The summed E-state index contributed by atoms with van der Waals surface area (Å²) in [5.41, 5.74) is 1.53. The van der Waals surface area contributed by atoms with Gasteiger partial charge >= 0.3 is 0 Å². The van der Waals surface area contributed by atoms with E-state index in [9.17, 15) is 14.0 Å². The van der Waals surface area contributed by atoms with E-state index < -0.39 is 12.1 Å². The fraction of sp³-hybridized carbons (Fsp3) is 0.286. The monoisotopic (exact) mass is 444 g/mol. The zero-order chi connectivity index (χ0) is 23.3. The molecule has 1 fully saturated rings. The number of amides is 2. The summed E-state index contributed by atoms with van der Waals surface area (Å²) < 4.78 is 14.6. The van der Waals surface area contributed by atoms with Crippen molar-refractivity contribution in [2.45, 2.75) is 32.5 Å². The van der Waals surface area contributed by atoms with Gasteiger partial charge in [-0.1, -0.05) is 91.0 Å². The van der Waals surface area contributed by atoms with Crippen LogP contribution in [0.4, 0.5) is 4.39 Å². The van der Waals surface area contributed by atoms with Crippen molar-refractivity contribution in [3.63, 3.8) is 0 Å². The van der Waals surface area contributed by atoms with E-state index in [0.717, 1.165) is 16.7 Å². The third kappa shape index (κ3) is 4.98. The summed E-state index contributed by atoms with van der Waals surface area (Å²) in [6.07, 6.45) is -0.112. The normalized spacial score (nSPS) is 18.8. The van der Waals surface area contributed by atoms with Crippen LogP contribution in [0.3, 0.4) is 0 Å². The molecule has 5 heteroatoms. The molecule has 1 unspecified atom stereocenters. The number of likely N-dealkylation sites (tertiary alicyclic amines) is 1. The first-order chi connectivity index (χ1) is 16.0. The van der Waals surface area contributed by atoms with E-state index >= 15 is 0 Å². The summed E-state index contributed by atoms with van der Waals surface area (Å²) in [6.45, 7) is 1.86. The second-order valence-corrected chi connectivity index (χ2v) is 8.83. The third-order valence-electron chi connectivity index (χ3n) is 6.46. The molecule has 1 aliphatic rings. The largest absolute Gasteiger partial charge is 0.335 e. The molecule has 0 aromatic heterocycles. The van der Waals surface area contributed by atoms with Gasteiger partial charge in [-0.2, -0.15) is 0 Å². The van der Waals surface area contributed by atoms with Crippen molar-refractivity contribution in [2.75, 3.05) is 13.2 Å². The van der Waals surface area contributed by atoms with Gasteiger partial charge in [-0.15, -0.1) is 0 Å². The first kappa shape index (κ1) is 22.7. The molecule has 1 saturated heterocycles. The molecule has 2 amide bonds. The van der Waals surface area contributed by atoms with E-state index in [1.165, 1.54) is 0 Å². The van der Waals surface area contributed by atoms with Crippen LogP contribution < -0.4 is 0 Å². The molecule has 0 spiro atoms. The van der Waals surface area contributed by atoms with Gasteiger partial charge in [0, 0.05) is 26.1 Å². The lowest BCUT2D eigenvalue weighted by molar-refractivity contribution is -0.144. The van der Waals surface area contributed by atoms with Crippen molar-refractivity contribution >= 4 is 11.8 Å². The van der Waals surface area contributed by atoms with E-state index in [1.54, 1.807) is 9.80 Å². The molecule has 3 aromatic carbocycles. The molecule has 0 saturated carbocycles. The van der Waals surface area contributed by atoms with Crippen LogP contribution in [0, 0.1) is 5.41 Å². The van der Waals surface area contributed by atoms with Gasteiger partial charge in [-0.25, -0.2) is 4.39 Å². The summed E-state index contributed by atoms with van der Waals surface area (Å²) in [4.78, 5) is 30.2. The molecule has 0 N–H and O–H groups in total. The zero-order valence-electron chi connectivity index (χ0n) is 18.9. The summed E-state index contributed by atoms with van der Waals surface area (Å²) in [7, 11) is 0. The van der Waals surface area contributed by atoms with Crippen molar-refractivity contribution < 1.29 is 14.0 Å². The van der Waals surface area contributed by atoms with Gasteiger partial charge in [0.25, 0.3) is 0 Å². The molecule has 1 heterocycles. The number of hydrogen-bond acceptors (Lipinski definition) is 2. The molecular formula is C28H29FN2O2. The average molecular weight is 445 g/mol. The predicted molar refractivity (Wildman–Crippen MR) is 127 cm³/mol. The molecule has 2 atom stereocenters. The molecule has 3 aromatic rings. The maximum atomic E-state index is 14.6. The number of carbonyl (C=O) groups is 2. The third-order valence-corrected chi connectivity index (χ3v) is 6.46. The number of rotatable bonds is 8. The van der Waals surface area contributed by atoms with Crippen LogP contribution in [-0.2, 0) is 22.7 Å². The Morgan fingerprint density at radius 1 is 0.909 bits per heavy atom. The van der Waals surface area contributed by atoms with E-state index in [1.807, 2.05) is 97.9 Å². The number of carbonyl (C=O) groups excluding carboxylic acids is 2. The number of halogens is 1. The van der Waals surface area contributed by atoms with Crippen molar-refractivity contribution in [1.29, 1.82) is 0 Å². The first-order valence-corrected chi connectivity index (χ1v) is 11.3. The lowest BCUT2D eigenvalue weighted by Crippen LogP contribution is -2.46. The van der Waals surface area contributed by atoms with Crippen molar-refractivity contribution in [3.05, 3.63) is 108 Å². The van der Waals surface area contributed by atoms with Crippen LogP contribution in [0.5, 0.6) is 0 Å². The highest BCUT2D eigenvalue weighted by Gasteiger charge is 2.52. The van der Waals surface area contributed by atoms with Crippen LogP contribution >= 0.6 is 0 Å². The Kier molecular flexibility index (Phi) is 6.87. The Balaban J connectivity index is 1.61. The molecule has 0 bridgehead atoms. The van der Waals surface area contributed by atoms with Gasteiger partial charge in [0.1, 0.15) is 12.1 Å². The van der Waals surface area contributed by atoms with Crippen LogP contribution in [0.25, 0.3) is 0 Å². The van der Waals surface area contributed by atoms with E-state index in [4.69, 9.17) is 0 Å². The molecular weight excluding hydrogens is 415 g/mol. The average Bonchev–Trinajstić information content (AvgIpc) is 3.22. The lowest BCUT2D eigenvalue weighted by Gasteiger charge is -2.33. The van der Waals surface area contributed by atoms with E-state index in [2.05, 4.69) is 0 Å². The number of hydrogen-bond donors (Lipinski definition) is 0. The van der Waals surface area contributed by atoms with Gasteiger partial charge < -0.3 is 9.80 Å². The maximum absolute atomic E-state index is 14.6. The Bertz CT molecular complexity index is 1030. The molecule has 170 valence electrons. The minimum Gasteiger partial charge on any atom is -0.335 e. The fourth-order valence-electron chi connectivity index (χ4n) is 4.56. The molecule has 0 radical (unpaired) electrons. The summed E-state index contributed by atoms with van der Waals surface area (Å²) in [5.74, 6) is -0.495. The Hall–Kier alpha value is -3.47. The van der Waals surface area contributed by atoms with Gasteiger partial charge in [-0.3, -0.25) is 9.59 Å². The maximum Gasteiger partial charge on any atom is 0.234 e. The summed E-state index contributed by atoms with van der Waals surface area (Å²) >= 11 is 0. The fourth-order valence-corrected chi connectivity index (χ4v) is 4.56. The van der Waals surface area contributed by atoms with Crippen LogP contribution in [0.1, 0.15) is 36.1 Å². The standard InChI is InChI=1S/C28H29FN2O2/c1-22(25-15-9-4-10-16-25)31-21-28(20-29,17-26(31)32)27(33)30(18-23-11-5-2-6-12-23)19-24-13-7-3-8-14-24/h2-16,22H,17-21H2,1H3/t22-,28?/m0/s1. The van der Waals surface area contributed by atoms with Crippen molar-refractivity contribution in [3.8, 4) is 0 Å². The number of benzene rings is 3. The second kappa shape index (κ2) is 9.99. The predicted octanol–water partition coefficient (Wildman–Crippen LogP) is 5.16. The van der Waals surface area contributed by atoms with E-state index in [0.29, 0.717) is 13.1 Å². The minimum absolute atomic E-state index is 0.0807. The van der Waals surface area contributed by atoms with E-state index in [-0.39, 0.29) is 30.8 Å². The molecule has 4 rings (SSSR count). The summed E-state index contributed by atoms with van der Waals surface area (Å²) in [5, 5.41) is 0. The SMILES string of the molecule is C[C@@H](c1ccccc1)N1CC(CF)(C(=O)N(Cc2ccccc2)Cc2ccccc2)CC1=O. The highest BCUT2D eigenvalue weighted by molar-refractivity contribution is 5.93. The van der Waals surface area contributed by atoms with Crippen LogP contribution in [-0.4, -0.2) is 34.8 Å². The number of nitrogens with zero attached hydrogens (tertiary/aromatic N) is 2. The van der Waals surface area contributed by atoms with Gasteiger partial charge in [0.15, 0.2) is 0 Å². The highest BCUT2D eigenvalue weighted by atomic mass is 19.1. The van der Waals surface area contributed by atoms with Crippen LogP contribution in [0.2, 0.25) is 0 Å². The molecule has 1 aliphatic heterocycles. The quantitative estimate of drug-likeness (QED) is 0.481. The van der Waals surface area contributed by atoms with Crippen molar-refractivity contribution in [2.24, 2.45) is 5.41 Å². The van der Waals surface area contributed by atoms with Crippen LogP contribution in [0.15, 0.2) is 91.0 Å². The first-order valence-electron chi connectivity index (χ1n) is 11.3. The van der Waals surface area contributed by atoms with Gasteiger partial charge in [0.05, 0.1) is 6.04 Å².